The third-order valence-corrected chi connectivity index (χ3v) is 1.69. The molecule has 0 aromatic heterocycles. The summed E-state index contributed by atoms with van der Waals surface area (Å²) in [6.45, 7) is 3.70. The summed E-state index contributed by atoms with van der Waals surface area (Å²) in [5.74, 6) is -0.149. The number of rotatable bonds is 6. The van der Waals surface area contributed by atoms with Gasteiger partial charge in [0.25, 0.3) is 0 Å². The van der Waals surface area contributed by atoms with Crippen LogP contribution in [0.2, 0.25) is 0 Å². The molecule has 0 aliphatic carbocycles. The van der Waals surface area contributed by atoms with Crippen molar-refractivity contribution in [2.45, 2.75) is 13.3 Å². The van der Waals surface area contributed by atoms with E-state index in [1.807, 2.05) is 18.0 Å². The highest BCUT2D eigenvalue weighted by Crippen LogP contribution is 1.92. The fraction of sp³-hybridized carbons (Fsp3) is 0.667. The fourth-order valence-electron chi connectivity index (χ4n) is 0.826. The molecule has 0 aliphatic heterocycles. The molecule has 0 atom stereocenters. The van der Waals surface area contributed by atoms with Crippen molar-refractivity contribution in [3.8, 4) is 0 Å². The van der Waals surface area contributed by atoms with Crippen LogP contribution < -0.4 is 0 Å². The third kappa shape index (κ3) is 7.81. The average molecular weight is 206 g/mol. The summed E-state index contributed by atoms with van der Waals surface area (Å²) in [6.07, 6.45) is 2.26. The van der Waals surface area contributed by atoms with Crippen molar-refractivity contribution in [1.82, 2.24) is 4.90 Å². The van der Waals surface area contributed by atoms with Crippen molar-refractivity contribution in [3.05, 3.63) is 11.6 Å². The summed E-state index contributed by atoms with van der Waals surface area (Å²) in [4.78, 5) is 12.9. The number of halogens is 1. The van der Waals surface area contributed by atoms with E-state index in [-0.39, 0.29) is 5.97 Å². The lowest BCUT2D eigenvalue weighted by atomic mass is 10.4. The first-order valence-electron chi connectivity index (χ1n) is 4.30. The molecule has 0 aromatic rings. The van der Waals surface area contributed by atoms with E-state index in [9.17, 15) is 4.79 Å². The lowest BCUT2D eigenvalue weighted by Gasteiger charge is -2.12. The van der Waals surface area contributed by atoms with Gasteiger partial charge < -0.3 is 9.64 Å². The van der Waals surface area contributed by atoms with E-state index >= 15 is 0 Å². The minimum absolute atomic E-state index is 0.149. The van der Waals surface area contributed by atoms with Gasteiger partial charge in [0.1, 0.15) is 0 Å². The van der Waals surface area contributed by atoms with Crippen LogP contribution >= 0.6 is 11.6 Å². The summed E-state index contributed by atoms with van der Waals surface area (Å²) in [6, 6.07) is 0. The first-order valence-corrected chi connectivity index (χ1v) is 4.73. The van der Waals surface area contributed by atoms with Gasteiger partial charge in [-0.15, -0.1) is 0 Å². The normalized spacial score (nSPS) is 11.1. The van der Waals surface area contributed by atoms with Crippen molar-refractivity contribution in [2.24, 2.45) is 0 Å². The molecule has 76 valence electrons. The Morgan fingerprint density at radius 2 is 2.31 bits per heavy atom. The third-order valence-electron chi connectivity index (χ3n) is 1.51. The van der Waals surface area contributed by atoms with E-state index in [1.54, 1.807) is 6.92 Å². The molecular weight excluding hydrogens is 190 g/mol. The number of hydrogen-bond acceptors (Lipinski definition) is 3. The molecule has 0 rings (SSSR count). The predicted molar refractivity (Wildman–Crippen MR) is 53.7 cm³/mol. The highest BCUT2D eigenvalue weighted by atomic mass is 35.5. The molecule has 0 aromatic carbocycles. The molecule has 0 aliphatic rings. The Morgan fingerprint density at radius 3 is 2.85 bits per heavy atom. The second kappa shape index (κ2) is 8.08. The maximum absolute atomic E-state index is 10.9. The van der Waals surface area contributed by atoms with Gasteiger partial charge in [0.05, 0.1) is 13.0 Å². The van der Waals surface area contributed by atoms with Gasteiger partial charge in [-0.2, -0.15) is 0 Å². The summed E-state index contributed by atoms with van der Waals surface area (Å²) in [5.41, 5.74) is 1.47. The Kier molecular flexibility index (Phi) is 7.74. The average Bonchev–Trinajstić information content (AvgIpc) is 2.12. The molecule has 0 saturated heterocycles. The van der Waals surface area contributed by atoms with Crippen molar-refractivity contribution in [3.63, 3.8) is 0 Å². The summed E-state index contributed by atoms with van der Waals surface area (Å²) in [5, 5.41) is 0. The zero-order valence-corrected chi connectivity index (χ0v) is 8.88. The van der Waals surface area contributed by atoms with Crippen LogP contribution in [0.5, 0.6) is 0 Å². The number of ether oxygens (including phenoxy) is 1. The molecule has 0 unspecified atom stereocenters. The van der Waals surface area contributed by atoms with E-state index < -0.39 is 0 Å². The lowest BCUT2D eigenvalue weighted by molar-refractivity contribution is -0.143. The number of carbonyl (C=O) groups is 1. The van der Waals surface area contributed by atoms with Gasteiger partial charge in [0.15, 0.2) is 0 Å². The van der Waals surface area contributed by atoms with Crippen LogP contribution in [0.3, 0.4) is 0 Å². The second-order valence-electron chi connectivity index (χ2n) is 2.68. The van der Waals surface area contributed by atoms with Crippen LogP contribution in [-0.4, -0.2) is 37.6 Å². The van der Waals surface area contributed by atoms with Crippen LogP contribution in [0.4, 0.5) is 0 Å². The number of carbonyl (C=O) groups excluding carboxylic acids is 1. The van der Waals surface area contributed by atoms with E-state index in [0.29, 0.717) is 19.6 Å². The molecule has 0 fully saturated rings. The summed E-state index contributed by atoms with van der Waals surface area (Å²) in [7, 11) is 1.93. The van der Waals surface area contributed by atoms with Gasteiger partial charge >= 0.3 is 5.97 Å². The van der Waals surface area contributed by atoms with Gasteiger partial charge in [0, 0.05) is 18.6 Å². The Labute approximate surface area is 84.3 Å². The Morgan fingerprint density at radius 1 is 1.62 bits per heavy atom. The van der Waals surface area contributed by atoms with Crippen LogP contribution in [-0.2, 0) is 9.53 Å². The molecule has 0 bridgehead atoms. The second-order valence-corrected chi connectivity index (χ2v) is 2.93. The van der Waals surface area contributed by atoms with Crippen molar-refractivity contribution in [2.75, 3.05) is 26.7 Å². The molecular formula is C9H16ClNO2. The molecule has 0 heterocycles. The fourth-order valence-corrected chi connectivity index (χ4v) is 0.906. The molecule has 13 heavy (non-hydrogen) atoms. The van der Waals surface area contributed by atoms with E-state index in [1.165, 1.54) is 5.54 Å². The Bertz CT molecular complexity index is 171. The predicted octanol–water partition coefficient (Wildman–Crippen LogP) is 1.62. The topological polar surface area (TPSA) is 29.5 Å². The van der Waals surface area contributed by atoms with Gasteiger partial charge in [-0.25, -0.2) is 0 Å². The molecule has 0 N–H and O–H groups in total. The van der Waals surface area contributed by atoms with Crippen molar-refractivity contribution >= 4 is 17.6 Å². The van der Waals surface area contributed by atoms with E-state index in [0.717, 1.165) is 6.54 Å². The van der Waals surface area contributed by atoms with Crippen molar-refractivity contribution < 1.29 is 9.53 Å². The first kappa shape index (κ1) is 12.5. The molecule has 3 nitrogen and oxygen atoms in total. The highest BCUT2D eigenvalue weighted by Gasteiger charge is 2.03. The highest BCUT2D eigenvalue weighted by molar-refractivity contribution is 6.25. The SMILES string of the molecule is CCOC(=O)CCN(C)CC=CCl. The monoisotopic (exact) mass is 205 g/mol. The minimum atomic E-state index is -0.149. The Hall–Kier alpha value is -0.540. The standard InChI is InChI=1S/C9H16ClNO2/c1-3-13-9(12)5-8-11(2)7-4-6-10/h4,6H,3,5,7-8H2,1-2H3. The minimum Gasteiger partial charge on any atom is -0.466 e. The summed E-state index contributed by atoms with van der Waals surface area (Å²) < 4.78 is 4.79. The molecule has 0 saturated carbocycles. The first-order chi connectivity index (χ1) is 6.20. The molecule has 4 heteroatoms. The van der Waals surface area contributed by atoms with Gasteiger partial charge in [0.2, 0.25) is 0 Å². The smallest absolute Gasteiger partial charge is 0.307 e. The van der Waals surface area contributed by atoms with Crippen LogP contribution in [0.25, 0.3) is 0 Å². The number of hydrogen-bond donors (Lipinski definition) is 0. The summed E-state index contributed by atoms with van der Waals surface area (Å²) >= 11 is 5.36. The van der Waals surface area contributed by atoms with Gasteiger partial charge in [-0.3, -0.25) is 4.79 Å². The lowest BCUT2D eigenvalue weighted by Crippen LogP contribution is -2.22. The van der Waals surface area contributed by atoms with Crippen molar-refractivity contribution in [1.29, 1.82) is 0 Å². The zero-order valence-electron chi connectivity index (χ0n) is 8.12. The number of esters is 1. The van der Waals surface area contributed by atoms with Gasteiger partial charge in [-0.1, -0.05) is 17.7 Å². The van der Waals surface area contributed by atoms with Crippen LogP contribution in [0.1, 0.15) is 13.3 Å². The van der Waals surface area contributed by atoms with E-state index in [4.69, 9.17) is 16.3 Å². The zero-order chi connectivity index (χ0) is 10.1. The Balaban J connectivity index is 3.45. The maximum Gasteiger partial charge on any atom is 0.307 e. The molecule has 0 radical (unpaired) electrons. The quantitative estimate of drug-likeness (QED) is 0.618. The maximum atomic E-state index is 10.9. The molecule has 0 spiro atoms. The number of likely N-dealkylation sites (N-methyl/N-ethyl adjacent to an activating group) is 1. The van der Waals surface area contributed by atoms with E-state index in [2.05, 4.69) is 0 Å². The van der Waals surface area contributed by atoms with Crippen LogP contribution in [0.15, 0.2) is 11.6 Å². The van der Waals surface area contributed by atoms with Gasteiger partial charge in [-0.05, 0) is 14.0 Å². The molecule has 0 amide bonds. The van der Waals surface area contributed by atoms with Crippen LogP contribution in [0, 0.1) is 0 Å². The number of nitrogens with zero attached hydrogens (tertiary/aromatic N) is 1. The largest absolute Gasteiger partial charge is 0.466 e.